The second-order valence-electron chi connectivity index (χ2n) is 2.32. The van der Waals surface area contributed by atoms with E-state index in [1.165, 1.54) is 0 Å². The van der Waals surface area contributed by atoms with Gasteiger partial charge >= 0.3 is 0 Å². The van der Waals surface area contributed by atoms with Gasteiger partial charge in [0.05, 0.1) is 0 Å². The highest BCUT2D eigenvalue weighted by Crippen LogP contribution is 1.98. The molecular weight excluding hydrogens is 164 g/mol. The molecule has 0 bridgehead atoms. The number of nitrogens with zero attached hydrogens (tertiary/aromatic N) is 2. The molecule has 1 saturated heterocycles. The number of guanidine groups is 1. The lowest BCUT2D eigenvalue weighted by Crippen LogP contribution is -2.46. The Balaban J connectivity index is 2.45. The summed E-state index contributed by atoms with van der Waals surface area (Å²) in [6.07, 6.45) is 0. The highest BCUT2D eigenvalue weighted by atomic mass is 32.2. The molecule has 64 valence electrons. The minimum Gasteiger partial charge on any atom is -0.368 e. The molecule has 1 fully saturated rings. The predicted molar refractivity (Wildman–Crippen MR) is 45.3 cm³/mol. The van der Waals surface area contributed by atoms with Crippen LogP contribution < -0.4 is 11.6 Å². The Labute approximate surface area is 67.9 Å². The molecule has 1 aliphatic rings. The van der Waals surface area contributed by atoms with E-state index in [1.807, 2.05) is 4.90 Å². The van der Waals surface area contributed by atoms with Crippen molar-refractivity contribution in [3.63, 3.8) is 0 Å². The summed E-state index contributed by atoms with van der Waals surface area (Å²) < 4.78 is 10.9. The molecule has 0 aliphatic carbocycles. The van der Waals surface area contributed by atoms with Crippen molar-refractivity contribution in [1.82, 2.24) is 4.90 Å². The molecule has 1 heterocycles. The first-order valence-electron chi connectivity index (χ1n) is 3.37. The van der Waals surface area contributed by atoms with Crippen LogP contribution in [0.4, 0.5) is 0 Å². The van der Waals surface area contributed by atoms with Crippen molar-refractivity contribution in [2.24, 2.45) is 16.7 Å². The van der Waals surface area contributed by atoms with Crippen molar-refractivity contribution < 1.29 is 4.21 Å². The first-order valence-corrected chi connectivity index (χ1v) is 4.86. The first-order chi connectivity index (χ1) is 5.24. The molecule has 6 heteroatoms. The lowest BCUT2D eigenvalue weighted by atomic mass is 10.5. The molecule has 1 rings (SSSR count). The Bertz CT molecular complexity index is 183. The predicted octanol–water partition coefficient (Wildman–Crippen LogP) is -1.76. The molecule has 0 amide bonds. The SMILES string of the molecule is N/N=C(\N)N1CCS(=O)CC1. The van der Waals surface area contributed by atoms with Gasteiger partial charge in [0.2, 0.25) is 5.96 Å². The minimum atomic E-state index is -0.672. The number of nitrogens with two attached hydrogens (primary N) is 2. The number of hydrogen-bond donors (Lipinski definition) is 2. The molecule has 11 heavy (non-hydrogen) atoms. The maximum atomic E-state index is 10.9. The molecule has 0 aromatic heterocycles. The summed E-state index contributed by atoms with van der Waals surface area (Å²) in [6.45, 7) is 1.39. The normalized spacial score (nSPS) is 22.2. The van der Waals surface area contributed by atoms with E-state index in [4.69, 9.17) is 11.6 Å². The van der Waals surface area contributed by atoms with Gasteiger partial charge in [0, 0.05) is 35.4 Å². The Morgan fingerprint density at radius 1 is 1.45 bits per heavy atom. The van der Waals surface area contributed by atoms with Crippen molar-refractivity contribution in [3.8, 4) is 0 Å². The van der Waals surface area contributed by atoms with Crippen LogP contribution in [0.1, 0.15) is 0 Å². The highest BCUT2D eigenvalue weighted by Gasteiger charge is 2.15. The van der Waals surface area contributed by atoms with Gasteiger partial charge in [0.25, 0.3) is 0 Å². The monoisotopic (exact) mass is 176 g/mol. The van der Waals surface area contributed by atoms with Crippen LogP contribution in [0.15, 0.2) is 5.10 Å². The van der Waals surface area contributed by atoms with Gasteiger partial charge in [-0.3, -0.25) is 4.21 Å². The summed E-state index contributed by atoms with van der Waals surface area (Å²) in [5, 5.41) is 3.36. The van der Waals surface area contributed by atoms with Gasteiger partial charge in [0.15, 0.2) is 0 Å². The third-order valence-corrected chi connectivity index (χ3v) is 2.91. The van der Waals surface area contributed by atoms with Crippen LogP contribution in [0.3, 0.4) is 0 Å². The smallest absolute Gasteiger partial charge is 0.213 e. The van der Waals surface area contributed by atoms with Gasteiger partial charge in [-0.2, -0.15) is 0 Å². The average Bonchev–Trinajstić information content (AvgIpc) is 2.05. The zero-order valence-corrected chi connectivity index (χ0v) is 7.01. The van der Waals surface area contributed by atoms with E-state index in [2.05, 4.69) is 5.10 Å². The van der Waals surface area contributed by atoms with E-state index in [1.54, 1.807) is 0 Å². The Morgan fingerprint density at radius 2 is 2.00 bits per heavy atom. The van der Waals surface area contributed by atoms with E-state index in [9.17, 15) is 4.21 Å². The van der Waals surface area contributed by atoms with E-state index < -0.39 is 10.8 Å². The molecule has 4 N–H and O–H groups in total. The number of hydrogen-bond acceptors (Lipinski definition) is 3. The largest absolute Gasteiger partial charge is 0.368 e. The molecule has 1 aliphatic heterocycles. The van der Waals surface area contributed by atoms with E-state index in [0.717, 1.165) is 0 Å². The summed E-state index contributed by atoms with van der Waals surface area (Å²) in [5.74, 6) is 6.64. The summed E-state index contributed by atoms with van der Waals surface area (Å²) >= 11 is 0. The fourth-order valence-corrected chi connectivity index (χ4v) is 2.00. The highest BCUT2D eigenvalue weighted by molar-refractivity contribution is 7.85. The Hall–Kier alpha value is -0.780. The molecular formula is C5H12N4OS. The standard InChI is InChI=1S/C5H12N4OS/c6-5(8-7)9-1-3-11(10)4-2-9/h1-4,7H2,(H2,6,8). The van der Waals surface area contributed by atoms with Crippen LogP contribution in [0.5, 0.6) is 0 Å². The van der Waals surface area contributed by atoms with Crippen molar-refractivity contribution in [2.45, 2.75) is 0 Å². The van der Waals surface area contributed by atoms with Crippen LogP contribution in [-0.4, -0.2) is 39.7 Å². The molecule has 5 nitrogen and oxygen atoms in total. The van der Waals surface area contributed by atoms with Crippen LogP contribution >= 0.6 is 0 Å². The molecule has 0 atom stereocenters. The number of hydrazone groups is 1. The van der Waals surface area contributed by atoms with Crippen LogP contribution in [0.25, 0.3) is 0 Å². The summed E-state index contributed by atoms with van der Waals surface area (Å²) in [4.78, 5) is 1.83. The summed E-state index contributed by atoms with van der Waals surface area (Å²) in [7, 11) is -0.672. The Kier molecular flexibility index (Phi) is 2.70. The van der Waals surface area contributed by atoms with Crippen LogP contribution in [0.2, 0.25) is 0 Å². The van der Waals surface area contributed by atoms with Crippen molar-refractivity contribution in [3.05, 3.63) is 0 Å². The van der Waals surface area contributed by atoms with Gasteiger partial charge in [-0.1, -0.05) is 0 Å². The third kappa shape index (κ3) is 2.07. The molecule has 0 aromatic carbocycles. The van der Waals surface area contributed by atoms with Crippen molar-refractivity contribution >= 4 is 16.8 Å². The lowest BCUT2D eigenvalue weighted by Gasteiger charge is -2.26. The van der Waals surface area contributed by atoms with Gasteiger partial charge in [0.1, 0.15) is 0 Å². The topological polar surface area (TPSA) is 84.7 Å². The number of rotatable bonds is 0. The molecule has 0 saturated carbocycles. The summed E-state index contributed by atoms with van der Waals surface area (Å²) in [5.41, 5.74) is 5.45. The van der Waals surface area contributed by atoms with Gasteiger partial charge in [-0.05, 0) is 0 Å². The maximum absolute atomic E-state index is 10.9. The second kappa shape index (κ2) is 3.56. The Morgan fingerprint density at radius 3 is 2.45 bits per heavy atom. The average molecular weight is 176 g/mol. The first kappa shape index (κ1) is 8.32. The van der Waals surface area contributed by atoms with Crippen molar-refractivity contribution in [1.29, 1.82) is 0 Å². The fourth-order valence-electron chi connectivity index (χ4n) is 0.949. The van der Waals surface area contributed by atoms with Gasteiger partial charge < -0.3 is 16.5 Å². The third-order valence-electron chi connectivity index (χ3n) is 1.63. The van der Waals surface area contributed by atoms with Gasteiger partial charge in [-0.25, -0.2) is 0 Å². The van der Waals surface area contributed by atoms with Crippen molar-refractivity contribution in [2.75, 3.05) is 24.6 Å². The zero-order valence-electron chi connectivity index (χ0n) is 6.19. The minimum absolute atomic E-state index is 0.335. The molecule has 0 radical (unpaired) electrons. The molecule has 0 unspecified atom stereocenters. The van der Waals surface area contributed by atoms with Crippen LogP contribution in [-0.2, 0) is 10.8 Å². The quantitative estimate of drug-likeness (QED) is 0.198. The lowest BCUT2D eigenvalue weighted by molar-refractivity contribution is 0.449. The van der Waals surface area contributed by atoms with E-state index in [-0.39, 0.29) is 0 Å². The van der Waals surface area contributed by atoms with Gasteiger partial charge in [-0.15, -0.1) is 5.10 Å². The van der Waals surface area contributed by atoms with E-state index >= 15 is 0 Å². The second-order valence-corrected chi connectivity index (χ2v) is 4.02. The molecule has 0 aromatic rings. The van der Waals surface area contributed by atoms with E-state index in [0.29, 0.717) is 30.6 Å². The maximum Gasteiger partial charge on any atom is 0.213 e. The van der Waals surface area contributed by atoms with Crippen LogP contribution in [0, 0.1) is 0 Å². The molecule has 0 spiro atoms. The zero-order chi connectivity index (χ0) is 8.27. The summed E-state index contributed by atoms with van der Waals surface area (Å²) in [6, 6.07) is 0. The fraction of sp³-hybridized carbons (Fsp3) is 0.800.